The van der Waals surface area contributed by atoms with Crippen molar-refractivity contribution in [2.75, 3.05) is 5.75 Å². The van der Waals surface area contributed by atoms with Gasteiger partial charge in [-0.05, 0) is 49.2 Å². The molecule has 0 radical (unpaired) electrons. The van der Waals surface area contributed by atoms with Gasteiger partial charge in [-0.15, -0.1) is 11.8 Å². The maximum atomic E-state index is 12.4. The van der Waals surface area contributed by atoms with Gasteiger partial charge in [-0.25, -0.2) is 0 Å². The second-order valence-electron chi connectivity index (χ2n) is 6.38. The first-order valence-electron chi connectivity index (χ1n) is 8.60. The highest BCUT2D eigenvalue weighted by Crippen LogP contribution is 2.37. The lowest BCUT2D eigenvalue weighted by Crippen LogP contribution is -2.38. The Balaban J connectivity index is 1.56. The number of nitrogens with one attached hydrogen (secondary N) is 2. The topological polar surface area (TPSA) is 58.2 Å². The second kappa shape index (κ2) is 8.60. The standard InChI is InChI=1S/C20H21ClN2O2S/c1-13(22-20(25)14-5-3-2-4-6-14)11-19(24)23-17-9-10-26-18-8-7-15(21)12-16(17)18/h2-8,12-13,17H,9-11H2,1H3,(H,22,25)(H,23,24)/t13-,17+/m0/s1. The summed E-state index contributed by atoms with van der Waals surface area (Å²) in [4.78, 5) is 25.8. The highest BCUT2D eigenvalue weighted by atomic mass is 35.5. The molecule has 1 aliphatic heterocycles. The Hall–Kier alpha value is -1.98. The molecule has 0 bridgehead atoms. The van der Waals surface area contributed by atoms with E-state index in [-0.39, 0.29) is 30.3 Å². The van der Waals surface area contributed by atoms with Gasteiger partial charge in [-0.3, -0.25) is 9.59 Å². The predicted molar refractivity (Wildman–Crippen MR) is 106 cm³/mol. The third-order valence-corrected chi connectivity index (χ3v) is 5.61. The Morgan fingerprint density at radius 1 is 1.23 bits per heavy atom. The number of hydrogen-bond acceptors (Lipinski definition) is 3. The molecule has 2 aromatic rings. The van der Waals surface area contributed by atoms with Crippen LogP contribution in [0.3, 0.4) is 0 Å². The van der Waals surface area contributed by atoms with Crippen molar-refractivity contribution in [3.63, 3.8) is 0 Å². The van der Waals surface area contributed by atoms with E-state index in [9.17, 15) is 9.59 Å². The molecule has 0 fully saturated rings. The molecule has 4 nitrogen and oxygen atoms in total. The summed E-state index contributed by atoms with van der Waals surface area (Å²) in [5, 5.41) is 6.63. The molecule has 2 amide bonds. The zero-order chi connectivity index (χ0) is 18.5. The fourth-order valence-corrected chi connectivity index (χ4v) is 4.28. The molecular weight excluding hydrogens is 368 g/mol. The summed E-state index contributed by atoms with van der Waals surface area (Å²) >= 11 is 7.89. The largest absolute Gasteiger partial charge is 0.349 e. The first-order valence-corrected chi connectivity index (χ1v) is 9.97. The van der Waals surface area contributed by atoms with Gasteiger partial charge in [-0.1, -0.05) is 29.8 Å². The van der Waals surface area contributed by atoms with Gasteiger partial charge in [0.05, 0.1) is 6.04 Å². The summed E-state index contributed by atoms with van der Waals surface area (Å²) in [5.41, 5.74) is 1.66. The Kier molecular flexibility index (Phi) is 6.22. The zero-order valence-electron chi connectivity index (χ0n) is 14.5. The molecule has 2 aromatic carbocycles. The number of carbonyl (C=O) groups is 2. The Morgan fingerprint density at radius 3 is 2.77 bits per heavy atom. The van der Waals surface area contributed by atoms with Crippen LogP contribution in [0.5, 0.6) is 0 Å². The van der Waals surface area contributed by atoms with Gasteiger partial charge in [-0.2, -0.15) is 0 Å². The Morgan fingerprint density at radius 2 is 2.00 bits per heavy atom. The van der Waals surface area contributed by atoms with Crippen LogP contribution in [0.25, 0.3) is 0 Å². The summed E-state index contributed by atoms with van der Waals surface area (Å²) in [5.74, 6) is 0.714. The van der Waals surface area contributed by atoms with E-state index in [1.807, 2.05) is 43.3 Å². The van der Waals surface area contributed by atoms with Gasteiger partial charge in [0.2, 0.25) is 5.91 Å². The van der Waals surface area contributed by atoms with Gasteiger partial charge in [0.1, 0.15) is 0 Å². The van der Waals surface area contributed by atoms with Crippen LogP contribution in [0, 0.1) is 0 Å². The van der Waals surface area contributed by atoms with Crippen molar-refractivity contribution >= 4 is 35.2 Å². The van der Waals surface area contributed by atoms with Crippen molar-refractivity contribution in [2.45, 2.75) is 36.7 Å². The lowest BCUT2D eigenvalue weighted by Gasteiger charge is -2.26. The van der Waals surface area contributed by atoms with Crippen molar-refractivity contribution in [2.24, 2.45) is 0 Å². The molecule has 6 heteroatoms. The van der Waals surface area contributed by atoms with E-state index in [0.717, 1.165) is 22.6 Å². The third-order valence-electron chi connectivity index (χ3n) is 4.25. The fourth-order valence-electron chi connectivity index (χ4n) is 2.99. The van der Waals surface area contributed by atoms with Crippen molar-refractivity contribution < 1.29 is 9.59 Å². The normalized spacial score (nSPS) is 17.1. The van der Waals surface area contributed by atoms with Gasteiger partial charge >= 0.3 is 0 Å². The minimum absolute atomic E-state index is 0.0329. The molecule has 3 rings (SSSR count). The monoisotopic (exact) mass is 388 g/mol. The van der Waals surface area contributed by atoms with Crippen LogP contribution >= 0.6 is 23.4 Å². The molecule has 0 aliphatic carbocycles. The zero-order valence-corrected chi connectivity index (χ0v) is 16.1. The molecule has 1 heterocycles. The smallest absolute Gasteiger partial charge is 0.251 e. The van der Waals surface area contributed by atoms with Crippen LogP contribution in [-0.4, -0.2) is 23.6 Å². The van der Waals surface area contributed by atoms with Crippen LogP contribution in [0.2, 0.25) is 5.02 Å². The molecule has 0 saturated carbocycles. The van der Waals surface area contributed by atoms with E-state index in [2.05, 4.69) is 10.6 Å². The molecule has 2 atom stereocenters. The number of hydrogen-bond donors (Lipinski definition) is 2. The number of carbonyl (C=O) groups excluding carboxylic acids is 2. The number of halogens is 1. The highest BCUT2D eigenvalue weighted by Gasteiger charge is 2.23. The molecule has 2 N–H and O–H groups in total. The van der Waals surface area contributed by atoms with Crippen molar-refractivity contribution in [3.05, 3.63) is 64.7 Å². The van der Waals surface area contributed by atoms with E-state index >= 15 is 0 Å². The molecule has 136 valence electrons. The van der Waals surface area contributed by atoms with Crippen LogP contribution < -0.4 is 10.6 Å². The average molecular weight is 389 g/mol. The highest BCUT2D eigenvalue weighted by molar-refractivity contribution is 7.99. The van der Waals surface area contributed by atoms with Gasteiger partial charge in [0, 0.05) is 33.7 Å². The minimum Gasteiger partial charge on any atom is -0.349 e. The van der Waals surface area contributed by atoms with Gasteiger partial charge < -0.3 is 10.6 Å². The van der Waals surface area contributed by atoms with Crippen molar-refractivity contribution in [1.29, 1.82) is 0 Å². The molecule has 26 heavy (non-hydrogen) atoms. The van der Waals surface area contributed by atoms with Crippen LogP contribution in [-0.2, 0) is 4.79 Å². The quantitative estimate of drug-likeness (QED) is 0.806. The van der Waals surface area contributed by atoms with Gasteiger partial charge in [0.25, 0.3) is 5.91 Å². The predicted octanol–water partition coefficient (Wildman–Crippen LogP) is 4.20. The van der Waals surface area contributed by atoms with E-state index in [1.54, 1.807) is 23.9 Å². The lowest BCUT2D eigenvalue weighted by molar-refractivity contribution is -0.122. The maximum Gasteiger partial charge on any atom is 0.251 e. The summed E-state index contributed by atoms with van der Waals surface area (Å²) in [6.45, 7) is 1.84. The maximum absolute atomic E-state index is 12.4. The van der Waals surface area contributed by atoms with E-state index in [0.29, 0.717) is 10.6 Å². The van der Waals surface area contributed by atoms with Crippen LogP contribution in [0.15, 0.2) is 53.4 Å². The van der Waals surface area contributed by atoms with E-state index < -0.39 is 0 Å². The summed E-state index contributed by atoms with van der Waals surface area (Å²) < 4.78 is 0. The average Bonchev–Trinajstić information content (AvgIpc) is 2.62. The number of amides is 2. The third kappa shape index (κ3) is 4.80. The first kappa shape index (κ1) is 18.8. The summed E-state index contributed by atoms with van der Waals surface area (Å²) in [6, 6.07) is 14.5. The molecular formula is C20H21ClN2O2S. The number of benzene rings is 2. The summed E-state index contributed by atoms with van der Waals surface area (Å²) in [6.07, 6.45) is 1.10. The lowest BCUT2D eigenvalue weighted by atomic mass is 10.0. The van der Waals surface area contributed by atoms with Crippen molar-refractivity contribution in [3.8, 4) is 0 Å². The number of fused-ring (bicyclic) bond motifs is 1. The van der Waals surface area contributed by atoms with Gasteiger partial charge in [0.15, 0.2) is 0 Å². The first-order chi connectivity index (χ1) is 12.5. The van der Waals surface area contributed by atoms with Crippen LogP contribution in [0.4, 0.5) is 0 Å². The van der Waals surface area contributed by atoms with E-state index in [1.165, 1.54) is 0 Å². The molecule has 0 spiro atoms. The van der Waals surface area contributed by atoms with Crippen molar-refractivity contribution in [1.82, 2.24) is 10.6 Å². The molecule has 0 aromatic heterocycles. The summed E-state index contributed by atoms with van der Waals surface area (Å²) in [7, 11) is 0. The fraction of sp³-hybridized carbons (Fsp3) is 0.300. The molecule has 0 saturated heterocycles. The Labute approximate surface area is 162 Å². The Bertz CT molecular complexity index is 798. The number of rotatable bonds is 5. The van der Waals surface area contributed by atoms with E-state index in [4.69, 9.17) is 11.6 Å². The van der Waals surface area contributed by atoms with Crippen LogP contribution in [0.1, 0.15) is 41.7 Å². The molecule has 1 aliphatic rings. The SMILES string of the molecule is C[C@@H](CC(=O)N[C@@H]1CCSc2ccc(Cl)cc21)NC(=O)c1ccccc1. The number of thioether (sulfide) groups is 1. The minimum atomic E-state index is -0.250. The second-order valence-corrected chi connectivity index (χ2v) is 7.96. The molecule has 0 unspecified atom stereocenters.